The third-order valence-corrected chi connectivity index (χ3v) is 3.40. The molecule has 0 aliphatic carbocycles. The minimum Gasteiger partial charge on any atom is -0.465 e. The van der Waals surface area contributed by atoms with Crippen LogP contribution in [0.3, 0.4) is 0 Å². The van der Waals surface area contributed by atoms with Gasteiger partial charge in [-0.2, -0.15) is 5.10 Å². The molecule has 7 nitrogen and oxygen atoms in total. The predicted octanol–water partition coefficient (Wildman–Crippen LogP) is 1.30. The summed E-state index contributed by atoms with van der Waals surface area (Å²) >= 11 is 0. The number of aromatic nitrogens is 3. The maximum Gasteiger partial charge on any atom is 0.325 e. The van der Waals surface area contributed by atoms with Crippen molar-refractivity contribution in [2.24, 2.45) is 7.05 Å². The molecule has 0 aliphatic heterocycles. The second-order valence-corrected chi connectivity index (χ2v) is 4.93. The van der Waals surface area contributed by atoms with Gasteiger partial charge in [-0.25, -0.2) is 4.98 Å². The minimum absolute atomic E-state index is 0.0623. The van der Waals surface area contributed by atoms with Crippen molar-refractivity contribution in [3.63, 3.8) is 0 Å². The Morgan fingerprint density at radius 2 is 2.09 bits per heavy atom. The summed E-state index contributed by atoms with van der Waals surface area (Å²) in [6, 6.07) is 1.76. The van der Waals surface area contributed by atoms with Crippen molar-refractivity contribution >= 4 is 22.9 Å². The van der Waals surface area contributed by atoms with E-state index in [9.17, 15) is 9.59 Å². The molecule has 0 unspecified atom stereocenters. The van der Waals surface area contributed by atoms with Crippen LogP contribution in [-0.2, 0) is 16.6 Å². The summed E-state index contributed by atoms with van der Waals surface area (Å²) < 4.78 is 6.57. The second kappa shape index (κ2) is 6.55. The zero-order valence-corrected chi connectivity index (χ0v) is 13.3. The molecule has 7 heteroatoms. The number of pyridine rings is 1. The molecule has 1 amide bonds. The molecule has 2 heterocycles. The molecule has 0 bridgehead atoms. The average Bonchev–Trinajstić information content (AvgIpc) is 2.79. The lowest BCUT2D eigenvalue weighted by Gasteiger charge is -2.19. The summed E-state index contributed by atoms with van der Waals surface area (Å²) in [5.41, 5.74) is 1.98. The van der Waals surface area contributed by atoms with Crippen LogP contribution in [0.2, 0.25) is 0 Å². The Hall–Kier alpha value is -2.44. The van der Waals surface area contributed by atoms with Crippen LogP contribution in [0.5, 0.6) is 0 Å². The van der Waals surface area contributed by atoms with Gasteiger partial charge in [-0.15, -0.1) is 0 Å². The Kier molecular flexibility index (Phi) is 4.75. The van der Waals surface area contributed by atoms with Gasteiger partial charge in [0.25, 0.3) is 5.91 Å². The molecule has 0 saturated carbocycles. The number of carbonyl (C=O) groups is 2. The van der Waals surface area contributed by atoms with Crippen LogP contribution in [0.1, 0.15) is 29.9 Å². The number of fused-ring (bicyclic) bond motifs is 1. The SMILES string of the molecule is CCOC(=O)CN(CC)C(=O)c1cnc2c(c1)c(C)nn2C. The smallest absolute Gasteiger partial charge is 0.325 e. The first-order chi connectivity index (χ1) is 10.5. The number of hydrogen-bond acceptors (Lipinski definition) is 5. The number of nitrogens with zero attached hydrogens (tertiary/aromatic N) is 4. The van der Waals surface area contributed by atoms with Gasteiger partial charge in [0.1, 0.15) is 6.54 Å². The molecule has 0 aliphatic rings. The van der Waals surface area contributed by atoms with Crippen molar-refractivity contribution in [3.8, 4) is 0 Å². The van der Waals surface area contributed by atoms with Crippen LogP contribution in [-0.4, -0.2) is 51.2 Å². The maximum absolute atomic E-state index is 12.5. The lowest BCUT2D eigenvalue weighted by Crippen LogP contribution is -2.36. The number of amides is 1. The first kappa shape index (κ1) is 15.9. The highest BCUT2D eigenvalue weighted by Gasteiger charge is 2.19. The lowest BCUT2D eigenvalue weighted by molar-refractivity contribution is -0.143. The molecule has 2 aromatic heterocycles. The largest absolute Gasteiger partial charge is 0.465 e. The molecule has 0 aromatic carbocycles. The van der Waals surface area contributed by atoms with Crippen LogP contribution < -0.4 is 0 Å². The van der Waals surface area contributed by atoms with E-state index >= 15 is 0 Å². The third kappa shape index (κ3) is 3.08. The average molecular weight is 304 g/mol. The number of rotatable bonds is 5. The van der Waals surface area contributed by atoms with Gasteiger partial charge >= 0.3 is 5.97 Å². The van der Waals surface area contributed by atoms with E-state index in [-0.39, 0.29) is 12.5 Å². The molecular formula is C15H20N4O3. The molecular weight excluding hydrogens is 284 g/mol. The van der Waals surface area contributed by atoms with Crippen LogP contribution in [0, 0.1) is 6.92 Å². The molecule has 0 fully saturated rings. The monoisotopic (exact) mass is 304 g/mol. The molecule has 0 spiro atoms. The summed E-state index contributed by atoms with van der Waals surface area (Å²) in [5.74, 6) is -0.655. The van der Waals surface area contributed by atoms with E-state index in [1.165, 1.54) is 11.1 Å². The van der Waals surface area contributed by atoms with E-state index in [2.05, 4.69) is 10.1 Å². The zero-order chi connectivity index (χ0) is 16.3. The number of ether oxygens (including phenoxy) is 1. The van der Waals surface area contributed by atoms with Crippen molar-refractivity contribution < 1.29 is 14.3 Å². The number of esters is 1. The van der Waals surface area contributed by atoms with Crippen LogP contribution in [0.15, 0.2) is 12.3 Å². The Morgan fingerprint density at radius 1 is 1.36 bits per heavy atom. The quantitative estimate of drug-likeness (QED) is 0.778. The Balaban J connectivity index is 2.27. The van der Waals surface area contributed by atoms with Crippen LogP contribution in [0.4, 0.5) is 0 Å². The fraction of sp³-hybridized carbons (Fsp3) is 0.467. The lowest BCUT2D eigenvalue weighted by atomic mass is 10.2. The summed E-state index contributed by atoms with van der Waals surface area (Å²) in [5, 5.41) is 5.12. The Bertz CT molecular complexity index is 708. The maximum atomic E-state index is 12.5. The number of carbonyl (C=O) groups excluding carboxylic acids is 2. The molecule has 118 valence electrons. The van der Waals surface area contributed by atoms with E-state index in [1.54, 1.807) is 17.7 Å². The van der Waals surface area contributed by atoms with Gasteiger partial charge in [0.15, 0.2) is 5.65 Å². The topological polar surface area (TPSA) is 77.3 Å². The van der Waals surface area contributed by atoms with Crippen molar-refractivity contribution in [2.75, 3.05) is 19.7 Å². The van der Waals surface area contributed by atoms with Gasteiger partial charge in [0.2, 0.25) is 0 Å². The van der Waals surface area contributed by atoms with Crippen LogP contribution >= 0.6 is 0 Å². The number of likely N-dealkylation sites (N-methyl/N-ethyl adjacent to an activating group) is 1. The normalized spacial score (nSPS) is 10.7. The first-order valence-corrected chi connectivity index (χ1v) is 7.22. The van der Waals surface area contributed by atoms with Crippen LogP contribution in [0.25, 0.3) is 11.0 Å². The first-order valence-electron chi connectivity index (χ1n) is 7.22. The van der Waals surface area contributed by atoms with Gasteiger partial charge in [-0.05, 0) is 26.8 Å². The van der Waals surface area contributed by atoms with Gasteiger partial charge < -0.3 is 9.64 Å². The minimum atomic E-state index is -0.413. The highest BCUT2D eigenvalue weighted by molar-refractivity contribution is 5.98. The molecule has 0 N–H and O–H groups in total. The molecule has 0 saturated heterocycles. The molecule has 2 aromatic rings. The van der Waals surface area contributed by atoms with Gasteiger partial charge in [-0.3, -0.25) is 14.3 Å². The van der Waals surface area contributed by atoms with E-state index in [1.807, 2.05) is 20.9 Å². The Labute approximate surface area is 128 Å². The summed E-state index contributed by atoms with van der Waals surface area (Å²) in [6.45, 7) is 6.08. The van der Waals surface area contributed by atoms with Gasteiger partial charge in [0, 0.05) is 25.2 Å². The van der Waals surface area contributed by atoms with Crippen molar-refractivity contribution in [1.82, 2.24) is 19.7 Å². The predicted molar refractivity (Wildman–Crippen MR) is 81.5 cm³/mol. The fourth-order valence-electron chi connectivity index (χ4n) is 2.30. The summed E-state index contributed by atoms with van der Waals surface area (Å²) in [7, 11) is 1.81. The zero-order valence-electron chi connectivity index (χ0n) is 13.3. The summed E-state index contributed by atoms with van der Waals surface area (Å²) in [6.07, 6.45) is 1.51. The Morgan fingerprint density at radius 3 is 2.73 bits per heavy atom. The number of hydrogen-bond donors (Lipinski definition) is 0. The van der Waals surface area contributed by atoms with Crippen molar-refractivity contribution in [2.45, 2.75) is 20.8 Å². The molecule has 22 heavy (non-hydrogen) atoms. The van der Waals surface area contributed by atoms with Crippen molar-refractivity contribution in [1.29, 1.82) is 0 Å². The number of aryl methyl sites for hydroxylation is 2. The standard InChI is InChI=1S/C15H20N4O3/c1-5-19(9-13(20)22-6-2)15(21)11-7-12-10(3)17-18(4)14(12)16-8-11/h7-8H,5-6,9H2,1-4H3. The van der Waals surface area contributed by atoms with Crippen molar-refractivity contribution in [3.05, 3.63) is 23.5 Å². The highest BCUT2D eigenvalue weighted by Crippen LogP contribution is 2.17. The second-order valence-electron chi connectivity index (χ2n) is 4.93. The fourth-order valence-corrected chi connectivity index (χ4v) is 2.30. The third-order valence-electron chi connectivity index (χ3n) is 3.40. The molecule has 2 rings (SSSR count). The molecule has 0 atom stereocenters. The highest BCUT2D eigenvalue weighted by atomic mass is 16.5. The molecule has 0 radical (unpaired) electrons. The van der Waals surface area contributed by atoms with E-state index in [4.69, 9.17) is 4.74 Å². The van der Waals surface area contributed by atoms with E-state index in [0.29, 0.717) is 18.7 Å². The summed E-state index contributed by atoms with van der Waals surface area (Å²) in [4.78, 5) is 29.8. The van der Waals surface area contributed by atoms with E-state index in [0.717, 1.165) is 16.7 Å². The van der Waals surface area contributed by atoms with E-state index < -0.39 is 5.97 Å². The van der Waals surface area contributed by atoms with Gasteiger partial charge in [0.05, 0.1) is 17.9 Å². The van der Waals surface area contributed by atoms with Gasteiger partial charge in [-0.1, -0.05) is 0 Å².